The predicted octanol–water partition coefficient (Wildman–Crippen LogP) is 3.02. The molecule has 0 aliphatic carbocycles. The van der Waals surface area contributed by atoms with Crippen molar-refractivity contribution in [2.75, 3.05) is 5.32 Å². The van der Waals surface area contributed by atoms with Crippen LogP contribution in [0.25, 0.3) is 5.69 Å². The predicted molar refractivity (Wildman–Crippen MR) is 75.1 cm³/mol. The largest absolute Gasteiger partial charge is 0.381 e. The van der Waals surface area contributed by atoms with Gasteiger partial charge in [-0.2, -0.15) is 0 Å². The first-order valence-corrected chi connectivity index (χ1v) is 6.25. The summed E-state index contributed by atoms with van der Waals surface area (Å²) < 4.78 is 14.7. The van der Waals surface area contributed by atoms with E-state index in [1.165, 1.54) is 12.1 Å². The van der Waals surface area contributed by atoms with Crippen LogP contribution in [0, 0.1) is 5.82 Å². The minimum absolute atomic E-state index is 0.219. The minimum atomic E-state index is -0.219. The minimum Gasteiger partial charge on any atom is -0.381 e. The number of halogens is 1. The first-order chi connectivity index (χ1) is 9.81. The fourth-order valence-corrected chi connectivity index (χ4v) is 1.92. The number of benzene rings is 2. The number of anilines is 1. The van der Waals surface area contributed by atoms with Gasteiger partial charge in [0.2, 0.25) is 0 Å². The summed E-state index contributed by atoms with van der Waals surface area (Å²) in [7, 11) is 0. The van der Waals surface area contributed by atoms with Gasteiger partial charge in [0.05, 0.1) is 5.69 Å². The lowest BCUT2D eigenvalue weighted by Crippen LogP contribution is -2.00. The molecule has 100 valence electrons. The Hall–Kier alpha value is -2.69. The van der Waals surface area contributed by atoms with Crippen LogP contribution in [0.3, 0.4) is 0 Å². The summed E-state index contributed by atoms with van der Waals surface area (Å²) in [5.74, 6) is -0.219. The van der Waals surface area contributed by atoms with Crippen LogP contribution in [-0.2, 0) is 6.54 Å². The topological polar surface area (TPSA) is 42.7 Å². The normalized spacial score (nSPS) is 10.4. The van der Waals surface area contributed by atoms with Crippen LogP contribution < -0.4 is 5.32 Å². The van der Waals surface area contributed by atoms with Crippen LogP contribution in [0.4, 0.5) is 10.1 Å². The molecule has 0 amide bonds. The lowest BCUT2D eigenvalue weighted by molar-refractivity contribution is 0.627. The Labute approximate surface area is 115 Å². The second-order valence-electron chi connectivity index (χ2n) is 4.40. The molecule has 3 aromatic rings. The monoisotopic (exact) mass is 268 g/mol. The quantitative estimate of drug-likeness (QED) is 0.791. The summed E-state index contributed by atoms with van der Waals surface area (Å²) >= 11 is 0. The number of hydrogen-bond acceptors (Lipinski definition) is 3. The van der Waals surface area contributed by atoms with E-state index >= 15 is 0 Å². The molecule has 0 aliphatic rings. The molecule has 3 rings (SSSR count). The number of nitrogens with one attached hydrogen (secondary N) is 1. The summed E-state index contributed by atoms with van der Waals surface area (Å²) in [5.41, 5.74) is 3.00. The van der Waals surface area contributed by atoms with Gasteiger partial charge in [-0.05, 0) is 35.9 Å². The molecular weight excluding hydrogens is 255 g/mol. The lowest BCUT2D eigenvalue weighted by atomic mass is 10.2. The van der Waals surface area contributed by atoms with Crippen LogP contribution in [0.15, 0.2) is 61.2 Å². The Kier molecular flexibility index (Phi) is 3.41. The number of nitrogens with zero attached hydrogens (tertiary/aromatic N) is 3. The van der Waals surface area contributed by atoms with Gasteiger partial charge >= 0.3 is 0 Å². The second-order valence-corrected chi connectivity index (χ2v) is 4.40. The van der Waals surface area contributed by atoms with E-state index in [0.717, 1.165) is 16.9 Å². The number of aromatic nitrogens is 3. The van der Waals surface area contributed by atoms with Crippen molar-refractivity contribution in [3.63, 3.8) is 0 Å². The van der Waals surface area contributed by atoms with Crippen LogP contribution >= 0.6 is 0 Å². The molecule has 0 atom stereocenters. The van der Waals surface area contributed by atoms with Crippen molar-refractivity contribution in [2.24, 2.45) is 0 Å². The highest BCUT2D eigenvalue weighted by molar-refractivity contribution is 5.51. The van der Waals surface area contributed by atoms with E-state index in [1.54, 1.807) is 24.8 Å². The third-order valence-electron chi connectivity index (χ3n) is 2.97. The van der Waals surface area contributed by atoms with Crippen molar-refractivity contribution in [1.29, 1.82) is 0 Å². The Morgan fingerprint density at radius 2 is 1.75 bits per heavy atom. The molecule has 0 fully saturated rings. The maximum absolute atomic E-state index is 12.8. The molecule has 0 spiro atoms. The third-order valence-corrected chi connectivity index (χ3v) is 2.97. The zero-order valence-electron chi connectivity index (χ0n) is 10.7. The lowest BCUT2D eigenvalue weighted by Gasteiger charge is -2.08. The van der Waals surface area contributed by atoms with Gasteiger partial charge in [-0.1, -0.05) is 18.2 Å². The van der Waals surface area contributed by atoms with Crippen molar-refractivity contribution >= 4 is 5.69 Å². The van der Waals surface area contributed by atoms with Gasteiger partial charge in [0.1, 0.15) is 18.5 Å². The van der Waals surface area contributed by atoms with Gasteiger partial charge in [0.25, 0.3) is 0 Å². The molecule has 1 N–H and O–H groups in total. The molecule has 0 saturated carbocycles. The van der Waals surface area contributed by atoms with Gasteiger partial charge in [-0.15, -0.1) is 10.2 Å². The van der Waals surface area contributed by atoms with E-state index in [2.05, 4.69) is 15.5 Å². The van der Waals surface area contributed by atoms with E-state index in [1.807, 2.05) is 28.8 Å². The Balaban J connectivity index is 1.72. The molecular formula is C15H13FN4. The van der Waals surface area contributed by atoms with Crippen molar-refractivity contribution in [3.8, 4) is 5.69 Å². The molecule has 0 saturated heterocycles. The van der Waals surface area contributed by atoms with E-state index < -0.39 is 0 Å². The van der Waals surface area contributed by atoms with Gasteiger partial charge < -0.3 is 5.32 Å². The van der Waals surface area contributed by atoms with Gasteiger partial charge in [0, 0.05) is 12.2 Å². The summed E-state index contributed by atoms with van der Waals surface area (Å²) in [6, 6.07) is 14.4. The highest BCUT2D eigenvalue weighted by Gasteiger charge is 1.99. The average molecular weight is 268 g/mol. The van der Waals surface area contributed by atoms with E-state index in [-0.39, 0.29) is 5.82 Å². The fourth-order valence-electron chi connectivity index (χ4n) is 1.92. The van der Waals surface area contributed by atoms with Crippen molar-refractivity contribution in [3.05, 3.63) is 72.6 Å². The van der Waals surface area contributed by atoms with E-state index in [0.29, 0.717) is 6.54 Å². The molecule has 5 heteroatoms. The highest BCUT2D eigenvalue weighted by atomic mass is 19.1. The first-order valence-electron chi connectivity index (χ1n) is 6.25. The van der Waals surface area contributed by atoms with Crippen molar-refractivity contribution < 1.29 is 4.39 Å². The van der Waals surface area contributed by atoms with Crippen LogP contribution in [0.2, 0.25) is 0 Å². The fraction of sp³-hybridized carbons (Fsp3) is 0.0667. The molecule has 0 aliphatic heterocycles. The maximum Gasteiger partial charge on any atom is 0.123 e. The maximum atomic E-state index is 12.8. The average Bonchev–Trinajstić information content (AvgIpc) is 3.01. The Bertz CT molecular complexity index is 677. The highest BCUT2D eigenvalue weighted by Crippen LogP contribution is 2.15. The molecule has 4 nitrogen and oxygen atoms in total. The molecule has 0 bridgehead atoms. The molecule has 1 heterocycles. The SMILES string of the molecule is Fc1ccc(CNc2cccc(-n3cnnc3)c2)cc1. The van der Waals surface area contributed by atoms with E-state index in [9.17, 15) is 4.39 Å². The van der Waals surface area contributed by atoms with Crippen LogP contribution in [-0.4, -0.2) is 14.8 Å². The van der Waals surface area contributed by atoms with Gasteiger partial charge in [-0.3, -0.25) is 4.57 Å². The van der Waals surface area contributed by atoms with E-state index in [4.69, 9.17) is 0 Å². The zero-order valence-corrected chi connectivity index (χ0v) is 10.7. The number of hydrogen-bond donors (Lipinski definition) is 1. The standard InChI is InChI=1S/C15H13FN4/c16-13-6-4-12(5-7-13)9-17-14-2-1-3-15(8-14)20-10-18-19-11-20/h1-8,10-11,17H,9H2. The van der Waals surface area contributed by atoms with Crippen molar-refractivity contribution in [1.82, 2.24) is 14.8 Å². The Morgan fingerprint density at radius 1 is 1.00 bits per heavy atom. The molecule has 2 aromatic carbocycles. The van der Waals surface area contributed by atoms with Gasteiger partial charge in [-0.25, -0.2) is 4.39 Å². The molecule has 1 aromatic heterocycles. The zero-order chi connectivity index (χ0) is 13.8. The summed E-state index contributed by atoms with van der Waals surface area (Å²) in [6.45, 7) is 0.645. The second kappa shape index (κ2) is 5.52. The summed E-state index contributed by atoms with van der Waals surface area (Å²) in [4.78, 5) is 0. The summed E-state index contributed by atoms with van der Waals surface area (Å²) in [6.07, 6.45) is 3.30. The van der Waals surface area contributed by atoms with Crippen molar-refractivity contribution in [2.45, 2.75) is 6.54 Å². The molecule has 20 heavy (non-hydrogen) atoms. The smallest absolute Gasteiger partial charge is 0.123 e. The third kappa shape index (κ3) is 2.83. The van der Waals surface area contributed by atoms with Crippen LogP contribution in [0.5, 0.6) is 0 Å². The number of rotatable bonds is 4. The van der Waals surface area contributed by atoms with Crippen LogP contribution in [0.1, 0.15) is 5.56 Å². The first kappa shape index (κ1) is 12.3. The summed E-state index contributed by atoms with van der Waals surface area (Å²) in [5, 5.41) is 10.9. The molecule has 0 radical (unpaired) electrons. The molecule has 0 unspecified atom stereocenters. The van der Waals surface area contributed by atoms with Gasteiger partial charge in [0.15, 0.2) is 0 Å². The Morgan fingerprint density at radius 3 is 2.50 bits per heavy atom.